The Morgan fingerprint density at radius 2 is 1.76 bits per heavy atom. The van der Waals surface area contributed by atoms with Gasteiger partial charge in [0, 0.05) is 31.2 Å². The summed E-state index contributed by atoms with van der Waals surface area (Å²) >= 11 is 0. The van der Waals surface area contributed by atoms with Crippen molar-refractivity contribution in [3.05, 3.63) is 0 Å². The zero-order valence-corrected chi connectivity index (χ0v) is 13.9. The van der Waals surface area contributed by atoms with Crippen molar-refractivity contribution in [3.63, 3.8) is 0 Å². The summed E-state index contributed by atoms with van der Waals surface area (Å²) in [6.07, 6.45) is 13.1. The van der Waals surface area contributed by atoms with Gasteiger partial charge in [0.15, 0.2) is 0 Å². The molecule has 2 saturated carbocycles. The number of hydrogen-bond acceptors (Lipinski definition) is 3. The Balaban J connectivity index is 1.42. The molecular formula is C18H34N2O. The maximum atomic E-state index is 6.01. The summed E-state index contributed by atoms with van der Waals surface area (Å²) < 4.78 is 6.01. The van der Waals surface area contributed by atoms with Crippen LogP contribution in [0.5, 0.6) is 0 Å². The molecule has 1 aliphatic heterocycles. The van der Waals surface area contributed by atoms with E-state index in [9.17, 15) is 0 Å². The molecule has 0 radical (unpaired) electrons. The number of hydrogen-bond donors (Lipinski definition) is 1. The zero-order chi connectivity index (χ0) is 14.5. The average molecular weight is 294 g/mol. The molecule has 1 spiro atoms. The van der Waals surface area contributed by atoms with Gasteiger partial charge in [0.25, 0.3) is 0 Å². The van der Waals surface area contributed by atoms with E-state index in [0.717, 1.165) is 12.6 Å². The molecule has 1 saturated heterocycles. The number of ether oxygens (including phenoxy) is 1. The molecule has 122 valence electrons. The predicted octanol–water partition coefficient (Wildman–Crippen LogP) is 3.19. The van der Waals surface area contributed by atoms with Gasteiger partial charge in [-0.3, -0.25) is 0 Å². The first kappa shape index (κ1) is 15.8. The van der Waals surface area contributed by atoms with Crippen LogP contribution >= 0.6 is 0 Å². The van der Waals surface area contributed by atoms with Gasteiger partial charge in [-0.2, -0.15) is 0 Å². The fraction of sp³-hybridized carbons (Fsp3) is 1.00. The zero-order valence-electron chi connectivity index (χ0n) is 13.9. The Kier molecular flexibility index (Phi) is 5.58. The van der Waals surface area contributed by atoms with Crippen LogP contribution in [0.3, 0.4) is 0 Å². The highest BCUT2D eigenvalue weighted by molar-refractivity contribution is 5.09. The Bertz CT molecular complexity index is 306. The highest BCUT2D eigenvalue weighted by Crippen LogP contribution is 2.54. The van der Waals surface area contributed by atoms with Crippen LogP contribution in [-0.4, -0.2) is 49.8 Å². The van der Waals surface area contributed by atoms with Crippen molar-refractivity contribution in [2.75, 3.05) is 32.8 Å². The third kappa shape index (κ3) is 3.46. The molecule has 3 heteroatoms. The Labute approximate surface area is 130 Å². The molecule has 21 heavy (non-hydrogen) atoms. The molecular weight excluding hydrogens is 260 g/mol. The second kappa shape index (κ2) is 7.43. The number of nitrogens with zero attached hydrogens (tertiary/aromatic N) is 1. The van der Waals surface area contributed by atoms with E-state index in [1.807, 2.05) is 0 Å². The quantitative estimate of drug-likeness (QED) is 0.814. The summed E-state index contributed by atoms with van der Waals surface area (Å²) in [5.74, 6) is 0. The van der Waals surface area contributed by atoms with Crippen LogP contribution in [0.15, 0.2) is 0 Å². The SMILES string of the molecule is CCOC1CC(NCCN2CCCCCC2)C12CCCC2. The Hall–Kier alpha value is -0.120. The van der Waals surface area contributed by atoms with Crippen molar-refractivity contribution in [2.45, 2.75) is 76.9 Å². The smallest absolute Gasteiger partial charge is 0.0661 e. The van der Waals surface area contributed by atoms with E-state index in [1.165, 1.54) is 84.0 Å². The van der Waals surface area contributed by atoms with Crippen molar-refractivity contribution >= 4 is 0 Å². The van der Waals surface area contributed by atoms with Gasteiger partial charge in [-0.15, -0.1) is 0 Å². The molecule has 3 aliphatic rings. The average Bonchev–Trinajstić information content (AvgIpc) is 2.88. The molecule has 0 amide bonds. The molecule has 3 rings (SSSR count). The lowest BCUT2D eigenvalue weighted by molar-refractivity contribution is -0.130. The summed E-state index contributed by atoms with van der Waals surface area (Å²) in [5, 5.41) is 3.89. The van der Waals surface area contributed by atoms with Crippen molar-refractivity contribution in [2.24, 2.45) is 5.41 Å². The standard InChI is InChI=1S/C18H34N2O/c1-2-21-17-15-16(18(17)9-5-6-10-18)19-11-14-20-12-7-3-4-8-13-20/h16-17,19H,2-15H2,1H3. The van der Waals surface area contributed by atoms with Crippen LogP contribution in [0.25, 0.3) is 0 Å². The second-order valence-corrected chi connectivity index (χ2v) is 7.38. The lowest BCUT2D eigenvalue weighted by Gasteiger charge is -2.54. The third-order valence-electron chi connectivity index (χ3n) is 6.20. The van der Waals surface area contributed by atoms with E-state index in [1.54, 1.807) is 0 Å². The molecule has 0 bridgehead atoms. The van der Waals surface area contributed by atoms with E-state index < -0.39 is 0 Å². The fourth-order valence-electron chi connectivity index (χ4n) is 4.93. The molecule has 0 aromatic rings. The van der Waals surface area contributed by atoms with E-state index in [-0.39, 0.29) is 0 Å². The minimum atomic E-state index is 0.495. The number of rotatable bonds is 6. The maximum Gasteiger partial charge on any atom is 0.0661 e. The van der Waals surface area contributed by atoms with Gasteiger partial charge in [-0.25, -0.2) is 0 Å². The first-order valence-electron chi connectivity index (χ1n) is 9.42. The lowest BCUT2D eigenvalue weighted by atomic mass is 9.60. The first-order chi connectivity index (χ1) is 10.3. The van der Waals surface area contributed by atoms with E-state index in [4.69, 9.17) is 4.74 Å². The topological polar surface area (TPSA) is 24.5 Å². The van der Waals surface area contributed by atoms with Crippen molar-refractivity contribution < 1.29 is 4.74 Å². The van der Waals surface area contributed by atoms with Crippen LogP contribution in [0.4, 0.5) is 0 Å². The molecule has 3 nitrogen and oxygen atoms in total. The Morgan fingerprint density at radius 1 is 1.05 bits per heavy atom. The summed E-state index contributed by atoms with van der Waals surface area (Å²) in [7, 11) is 0. The van der Waals surface area contributed by atoms with Gasteiger partial charge in [0.2, 0.25) is 0 Å². The highest BCUT2D eigenvalue weighted by Gasteiger charge is 2.56. The van der Waals surface area contributed by atoms with Gasteiger partial charge >= 0.3 is 0 Å². The molecule has 2 unspecified atom stereocenters. The lowest BCUT2D eigenvalue weighted by Crippen LogP contribution is -2.63. The number of nitrogens with one attached hydrogen (secondary N) is 1. The minimum Gasteiger partial charge on any atom is -0.378 e. The third-order valence-corrected chi connectivity index (χ3v) is 6.20. The second-order valence-electron chi connectivity index (χ2n) is 7.38. The summed E-state index contributed by atoms with van der Waals surface area (Å²) in [6.45, 7) is 8.07. The van der Waals surface area contributed by atoms with Crippen molar-refractivity contribution in [1.29, 1.82) is 0 Å². The van der Waals surface area contributed by atoms with E-state index in [0.29, 0.717) is 11.5 Å². The summed E-state index contributed by atoms with van der Waals surface area (Å²) in [5.41, 5.74) is 0.495. The predicted molar refractivity (Wildman–Crippen MR) is 87.6 cm³/mol. The minimum absolute atomic E-state index is 0.495. The first-order valence-corrected chi connectivity index (χ1v) is 9.42. The monoisotopic (exact) mass is 294 g/mol. The highest BCUT2D eigenvalue weighted by atomic mass is 16.5. The van der Waals surface area contributed by atoms with Crippen LogP contribution in [-0.2, 0) is 4.74 Å². The van der Waals surface area contributed by atoms with E-state index >= 15 is 0 Å². The molecule has 3 fully saturated rings. The van der Waals surface area contributed by atoms with Gasteiger partial charge in [0.05, 0.1) is 6.10 Å². The summed E-state index contributed by atoms with van der Waals surface area (Å²) in [4.78, 5) is 2.67. The summed E-state index contributed by atoms with van der Waals surface area (Å²) in [6, 6.07) is 0.725. The fourth-order valence-corrected chi connectivity index (χ4v) is 4.93. The number of likely N-dealkylation sites (tertiary alicyclic amines) is 1. The molecule has 0 aromatic carbocycles. The van der Waals surface area contributed by atoms with E-state index in [2.05, 4.69) is 17.1 Å². The van der Waals surface area contributed by atoms with Gasteiger partial charge in [0.1, 0.15) is 0 Å². The van der Waals surface area contributed by atoms with Crippen molar-refractivity contribution in [3.8, 4) is 0 Å². The van der Waals surface area contributed by atoms with Crippen LogP contribution in [0.1, 0.15) is 64.7 Å². The maximum absolute atomic E-state index is 6.01. The van der Waals surface area contributed by atoms with Crippen LogP contribution < -0.4 is 5.32 Å². The van der Waals surface area contributed by atoms with Crippen LogP contribution in [0.2, 0.25) is 0 Å². The molecule has 0 aromatic heterocycles. The molecule has 1 N–H and O–H groups in total. The molecule has 1 heterocycles. The molecule has 2 atom stereocenters. The molecule has 2 aliphatic carbocycles. The normalized spacial score (nSPS) is 33.0. The van der Waals surface area contributed by atoms with Gasteiger partial charge in [-0.1, -0.05) is 25.7 Å². The van der Waals surface area contributed by atoms with Crippen LogP contribution in [0, 0.1) is 5.41 Å². The van der Waals surface area contributed by atoms with Crippen molar-refractivity contribution in [1.82, 2.24) is 10.2 Å². The Morgan fingerprint density at radius 3 is 2.43 bits per heavy atom. The van der Waals surface area contributed by atoms with Gasteiger partial charge in [-0.05, 0) is 52.1 Å². The largest absolute Gasteiger partial charge is 0.378 e. The van der Waals surface area contributed by atoms with Gasteiger partial charge < -0.3 is 15.0 Å².